The number of rotatable bonds is 5. The normalized spacial score (nSPS) is 10.5. The van der Waals surface area contributed by atoms with E-state index in [-0.39, 0.29) is 17.8 Å². The Morgan fingerprint density at radius 3 is 2.52 bits per heavy atom. The maximum Gasteiger partial charge on any atom is 0.251 e. The van der Waals surface area contributed by atoms with Crippen LogP contribution < -0.4 is 10.6 Å². The van der Waals surface area contributed by atoms with E-state index >= 15 is 0 Å². The van der Waals surface area contributed by atoms with Crippen molar-refractivity contribution >= 4 is 22.9 Å². The first-order valence-electron chi connectivity index (χ1n) is 6.43. The van der Waals surface area contributed by atoms with Crippen LogP contribution in [-0.2, 0) is 13.0 Å². The summed E-state index contributed by atoms with van der Waals surface area (Å²) in [6.07, 6.45) is 2.64. The first-order valence-corrected chi connectivity index (χ1v) is 7.25. The Kier molecular flexibility index (Phi) is 4.85. The van der Waals surface area contributed by atoms with Crippen molar-refractivity contribution in [3.8, 4) is 0 Å². The Morgan fingerprint density at radius 2 is 2.00 bits per heavy atom. The number of aromatic nitrogens is 1. The summed E-state index contributed by atoms with van der Waals surface area (Å²) in [7, 11) is 1.41. The molecule has 7 heteroatoms. The molecule has 0 bridgehead atoms. The average molecular weight is 311 g/mol. The number of thiazole rings is 1. The largest absolute Gasteiger partial charge is 0.383 e. The Labute approximate surface area is 125 Å². The molecular weight excluding hydrogens is 296 g/mol. The van der Waals surface area contributed by atoms with Crippen LogP contribution >= 0.6 is 11.3 Å². The van der Waals surface area contributed by atoms with Gasteiger partial charge in [0.15, 0.2) is 0 Å². The summed E-state index contributed by atoms with van der Waals surface area (Å²) < 4.78 is 27.2. The summed E-state index contributed by atoms with van der Waals surface area (Å²) in [5.41, 5.74) is -0.310. The van der Waals surface area contributed by atoms with Crippen LogP contribution in [0.1, 0.15) is 27.2 Å². The molecule has 1 aromatic carbocycles. The van der Waals surface area contributed by atoms with E-state index in [2.05, 4.69) is 15.6 Å². The lowest BCUT2D eigenvalue weighted by Gasteiger charge is -2.07. The van der Waals surface area contributed by atoms with Crippen LogP contribution in [0.3, 0.4) is 0 Å². The van der Waals surface area contributed by atoms with Gasteiger partial charge in [0.1, 0.15) is 22.3 Å². The fraction of sp³-hybridized carbons (Fsp3) is 0.286. The first-order chi connectivity index (χ1) is 10.0. The smallest absolute Gasteiger partial charge is 0.251 e. The van der Waals surface area contributed by atoms with Gasteiger partial charge in [-0.1, -0.05) is 6.92 Å². The van der Waals surface area contributed by atoms with Crippen LogP contribution in [0.15, 0.2) is 18.3 Å². The topological polar surface area (TPSA) is 54.0 Å². The molecule has 0 fully saturated rings. The fourth-order valence-electron chi connectivity index (χ4n) is 1.79. The molecule has 4 nitrogen and oxygen atoms in total. The molecule has 0 aliphatic heterocycles. The van der Waals surface area contributed by atoms with Crippen LogP contribution in [0.25, 0.3) is 0 Å². The van der Waals surface area contributed by atoms with Crippen molar-refractivity contribution in [1.82, 2.24) is 10.3 Å². The van der Waals surface area contributed by atoms with E-state index in [1.165, 1.54) is 18.4 Å². The number of carbonyl (C=O) groups is 1. The highest BCUT2D eigenvalue weighted by atomic mass is 32.1. The molecule has 1 aromatic heterocycles. The van der Waals surface area contributed by atoms with Crippen molar-refractivity contribution in [3.05, 3.63) is 45.4 Å². The van der Waals surface area contributed by atoms with Crippen LogP contribution in [0.2, 0.25) is 0 Å². The van der Waals surface area contributed by atoms with Crippen LogP contribution in [0, 0.1) is 11.6 Å². The van der Waals surface area contributed by atoms with Crippen molar-refractivity contribution in [2.24, 2.45) is 0 Å². The van der Waals surface area contributed by atoms with E-state index in [4.69, 9.17) is 0 Å². The molecule has 1 amide bonds. The summed E-state index contributed by atoms with van der Waals surface area (Å²) in [5.74, 6) is -2.14. The van der Waals surface area contributed by atoms with Gasteiger partial charge in [0.25, 0.3) is 5.91 Å². The van der Waals surface area contributed by atoms with E-state index in [0.717, 1.165) is 28.4 Å². The monoisotopic (exact) mass is 311 g/mol. The van der Waals surface area contributed by atoms with Gasteiger partial charge in [0.2, 0.25) is 0 Å². The van der Waals surface area contributed by atoms with Gasteiger partial charge in [0, 0.05) is 23.7 Å². The lowest BCUT2D eigenvalue weighted by molar-refractivity contribution is 0.0950. The average Bonchev–Trinajstić information content (AvgIpc) is 2.92. The molecule has 0 aliphatic rings. The number of benzene rings is 1. The zero-order valence-corrected chi connectivity index (χ0v) is 12.5. The van der Waals surface area contributed by atoms with E-state index < -0.39 is 17.5 Å². The molecule has 0 atom stereocenters. The maximum atomic E-state index is 13.6. The molecule has 0 saturated heterocycles. The second-order valence-corrected chi connectivity index (χ2v) is 5.52. The Hall–Kier alpha value is -2.02. The van der Waals surface area contributed by atoms with Gasteiger partial charge >= 0.3 is 0 Å². The van der Waals surface area contributed by atoms with Gasteiger partial charge < -0.3 is 10.6 Å². The highest BCUT2D eigenvalue weighted by molar-refractivity contribution is 7.11. The third-order valence-electron chi connectivity index (χ3n) is 2.90. The minimum Gasteiger partial charge on any atom is -0.383 e. The highest BCUT2D eigenvalue weighted by Gasteiger charge is 2.14. The van der Waals surface area contributed by atoms with Crippen LogP contribution in [-0.4, -0.2) is 17.9 Å². The molecule has 21 heavy (non-hydrogen) atoms. The van der Waals surface area contributed by atoms with Crippen molar-refractivity contribution in [1.29, 1.82) is 0 Å². The molecular formula is C14H15F2N3OS. The van der Waals surface area contributed by atoms with Crippen molar-refractivity contribution in [2.45, 2.75) is 19.9 Å². The quantitative estimate of drug-likeness (QED) is 0.892. The van der Waals surface area contributed by atoms with Gasteiger partial charge in [-0.15, -0.1) is 11.3 Å². The second-order valence-electron chi connectivity index (χ2n) is 4.32. The molecule has 0 spiro atoms. The zero-order valence-electron chi connectivity index (χ0n) is 11.7. The summed E-state index contributed by atoms with van der Waals surface area (Å²) in [6.45, 7) is 2.26. The minimum atomic E-state index is -0.801. The van der Waals surface area contributed by atoms with Crippen molar-refractivity contribution in [3.63, 3.8) is 0 Å². The molecule has 0 saturated carbocycles. The Morgan fingerprint density at radius 1 is 1.33 bits per heavy atom. The molecule has 2 N–H and O–H groups in total. The molecule has 112 valence electrons. The molecule has 0 aliphatic carbocycles. The lowest BCUT2D eigenvalue weighted by Crippen LogP contribution is -2.23. The predicted molar refractivity (Wildman–Crippen MR) is 78.6 cm³/mol. The van der Waals surface area contributed by atoms with E-state index in [1.807, 2.05) is 6.92 Å². The maximum absolute atomic E-state index is 13.6. The number of hydrogen-bond donors (Lipinski definition) is 2. The third kappa shape index (κ3) is 3.55. The summed E-state index contributed by atoms with van der Waals surface area (Å²) in [6, 6.07) is 2.01. The van der Waals surface area contributed by atoms with Crippen LogP contribution in [0.4, 0.5) is 14.5 Å². The highest BCUT2D eigenvalue weighted by Crippen LogP contribution is 2.20. The number of amides is 1. The van der Waals surface area contributed by atoms with Gasteiger partial charge in [-0.05, 0) is 18.6 Å². The van der Waals surface area contributed by atoms with Gasteiger partial charge in [0.05, 0.1) is 6.54 Å². The number of nitrogens with zero attached hydrogens (tertiary/aromatic N) is 1. The standard InChI is InChI=1S/C14H15F2N3OS/c1-3-9-6-18-12(21-9)7-19-14(20)8-4-10(15)13(17-2)11(16)5-8/h4-6,17H,3,7H2,1-2H3,(H,19,20). The number of nitrogens with one attached hydrogen (secondary N) is 2. The predicted octanol–water partition coefficient (Wildman–Crippen LogP) is 2.96. The van der Waals surface area contributed by atoms with Crippen molar-refractivity contribution in [2.75, 3.05) is 12.4 Å². The third-order valence-corrected chi connectivity index (χ3v) is 4.05. The first kappa shape index (κ1) is 15.4. The van der Waals surface area contributed by atoms with Gasteiger partial charge in [-0.2, -0.15) is 0 Å². The minimum absolute atomic E-state index is 0.0590. The number of carbonyl (C=O) groups excluding carboxylic acids is 1. The number of anilines is 1. The summed E-state index contributed by atoms with van der Waals surface area (Å²) >= 11 is 1.50. The molecule has 1 heterocycles. The second kappa shape index (κ2) is 6.62. The van der Waals surface area contributed by atoms with Gasteiger partial charge in [-0.25, -0.2) is 13.8 Å². The number of hydrogen-bond acceptors (Lipinski definition) is 4. The molecule has 2 rings (SSSR count). The van der Waals surface area contributed by atoms with Crippen molar-refractivity contribution < 1.29 is 13.6 Å². The Bertz CT molecular complexity index is 634. The molecule has 2 aromatic rings. The lowest BCUT2D eigenvalue weighted by atomic mass is 10.1. The number of aryl methyl sites for hydroxylation is 1. The Balaban J connectivity index is 2.06. The fourth-order valence-corrected chi connectivity index (χ4v) is 2.60. The SMILES string of the molecule is CCc1cnc(CNC(=O)c2cc(F)c(NC)c(F)c2)s1. The zero-order chi connectivity index (χ0) is 15.4. The molecule has 0 unspecified atom stereocenters. The molecule has 0 radical (unpaired) electrons. The summed E-state index contributed by atoms with van der Waals surface area (Å²) in [5, 5.41) is 5.76. The number of halogens is 2. The van der Waals surface area contributed by atoms with E-state index in [9.17, 15) is 13.6 Å². The van der Waals surface area contributed by atoms with Crippen LogP contribution in [0.5, 0.6) is 0 Å². The van der Waals surface area contributed by atoms with Gasteiger partial charge in [-0.3, -0.25) is 4.79 Å². The van der Waals surface area contributed by atoms with E-state index in [0.29, 0.717) is 0 Å². The van der Waals surface area contributed by atoms with E-state index in [1.54, 1.807) is 6.20 Å². The summed E-state index contributed by atoms with van der Waals surface area (Å²) in [4.78, 5) is 17.2.